The number of amides is 1. The summed E-state index contributed by atoms with van der Waals surface area (Å²) in [6, 6.07) is 2.73. The Hall–Kier alpha value is -1.67. The van der Waals surface area contributed by atoms with Crippen LogP contribution in [0.1, 0.15) is 18.9 Å². The van der Waals surface area contributed by atoms with E-state index in [4.69, 9.17) is 18.0 Å². The Morgan fingerprint density at radius 3 is 2.68 bits per heavy atom. The molecule has 1 unspecified atom stereocenters. The van der Waals surface area contributed by atoms with E-state index < -0.39 is 23.6 Å². The van der Waals surface area contributed by atoms with Crippen LogP contribution in [0.3, 0.4) is 0 Å². The van der Waals surface area contributed by atoms with Gasteiger partial charge in [-0.15, -0.1) is 12.3 Å². The van der Waals surface area contributed by atoms with Crippen LogP contribution in [0.2, 0.25) is 5.02 Å². The highest BCUT2D eigenvalue weighted by Gasteiger charge is 2.31. The number of hydrogen-bond donors (Lipinski definition) is 1. The minimum atomic E-state index is -4.49. The van der Waals surface area contributed by atoms with Crippen molar-refractivity contribution >= 4 is 23.2 Å². The Morgan fingerprint density at radius 1 is 1.53 bits per heavy atom. The van der Waals surface area contributed by atoms with Crippen molar-refractivity contribution in [3.05, 3.63) is 28.8 Å². The first-order chi connectivity index (χ1) is 8.75. The van der Waals surface area contributed by atoms with Crippen LogP contribution in [0.5, 0.6) is 0 Å². The first kappa shape index (κ1) is 15.4. The van der Waals surface area contributed by atoms with E-state index in [-0.39, 0.29) is 17.1 Å². The maximum Gasteiger partial charge on any atom is 0.416 e. The molecule has 102 valence electrons. The maximum atomic E-state index is 12.5. The zero-order valence-corrected chi connectivity index (χ0v) is 10.8. The molecule has 0 heterocycles. The molecular weight excluding hydrogens is 279 g/mol. The van der Waals surface area contributed by atoms with E-state index >= 15 is 0 Å². The smallest absolute Gasteiger partial charge is 0.324 e. The van der Waals surface area contributed by atoms with Gasteiger partial charge in [0.15, 0.2) is 0 Å². The van der Waals surface area contributed by atoms with E-state index in [9.17, 15) is 18.0 Å². The Balaban J connectivity index is 2.95. The number of benzene rings is 1. The summed E-state index contributed by atoms with van der Waals surface area (Å²) in [5.41, 5.74) is -0.956. The van der Waals surface area contributed by atoms with Gasteiger partial charge in [0.25, 0.3) is 0 Å². The highest BCUT2D eigenvalue weighted by molar-refractivity contribution is 6.33. The van der Waals surface area contributed by atoms with E-state index in [1.807, 2.05) is 0 Å². The van der Waals surface area contributed by atoms with Crippen LogP contribution in [0.25, 0.3) is 0 Å². The number of halogens is 4. The van der Waals surface area contributed by atoms with Crippen LogP contribution in [0, 0.1) is 18.3 Å². The van der Waals surface area contributed by atoms with E-state index in [1.54, 1.807) is 6.92 Å². The second kappa shape index (κ2) is 5.98. The van der Waals surface area contributed by atoms with E-state index in [2.05, 4.69) is 11.2 Å². The first-order valence-electron chi connectivity index (χ1n) is 5.36. The second-order valence-corrected chi connectivity index (χ2v) is 4.40. The average Bonchev–Trinajstić information content (AvgIpc) is 2.30. The number of anilines is 1. The number of hydrogen-bond acceptors (Lipinski definition) is 1. The molecule has 1 atom stereocenters. The number of rotatable bonds is 3. The topological polar surface area (TPSA) is 29.1 Å². The van der Waals surface area contributed by atoms with Gasteiger partial charge < -0.3 is 5.32 Å². The molecule has 0 saturated carbocycles. The third-order valence-corrected chi connectivity index (χ3v) is 2.75. The molecule has 0 saturated heterocycles. The standard InChI is InChI=1S/C13H11ClF3NO/c1-3-4-8(2)12(19)18-11-7-9(13(15,16)17)5-6-10(11)14/h1,5-8H,4H2,2H3,(H,18,19). The van der Waals surface area contributed by atoms with E-state index in [1.165, 1.54) is 0 Å². The maximum absolute atomic E-state index is 12.5. The molecule has 0 aliphatic carbocycles. The van der Waals surface area contributed by atoms with Crippen molar-refractivity contribution in [3.63, 3.8) is 0 Å². The SMILES string of the molecule is C#CCC(C)C(=O)Nc1cc(C(F)(F)F)ccc1Cl. The largest absolute Gasteiger partial charge is 0.416 e. The molecule has 2 nitrogen and oxygen atoms in total. The van der Waals surface area contributed by atoms with Crippen LogP contribution >= 0.6 is 11.6 Å². The summed E-state index contributed by atoms with van der Waals surface area (Å²) in [4.78, 5) is 11.7. The van der Waals surface area contributed by atoms with Crippen molar-refractivity contribution in [2.75, 3.05) is 5.32 Å². The van der Waals surface area contributed by atoms with Crippen LogP contribution < -0.4 is 5.32 Å². The Morgan fingerprint density at radius 2 is 2.16 bits per heavy atom. The highest BCUT2D eigenvalue weighted by Crippen LogP contribution is 2.33. The predicted octanol–water partition coefficient (Wildman–Crippen LogP) is 3.96. The highest BCUT2D eigenvalue weighted by atomic mass is 35.5. The van der Waals surface area contributed by atoms with Gasteiger partial charge in [-0.2, -0.15) is 13.2 Å². The van der Waals surface area contributed by atoms with Crippen molar-refractivity contribution in [2.24, 2.45) is 5.92 Å². The molecule has 0 aromatic heterocycles. The molecule has 0 aliphatic rings. The third kappa shape index (κ3) is 4.18. The fourth-order valence-corrected chi connectivity index (χ4v) is 1.49. The lowest BCUT2D eigenvalue weighted by molar-refractivity contribution is -0.137. The minimum absolute atomic E-state index is 0.0363. The van der Waals surface area contributed by atoms with Gasteiger partial charge in [-0.25, -0.2) is 0 Å². The van der Waals surface area contributed by atoms with Gasteiger partial charge in [0.1, 0.15) is 0 Å². The lowest BCUT2D eigenvalue weighted by atomic mass is 10.1. The summed E-state index contributed by atoms with van der Waals surface area (Å²) in [7, 11) is 0. The molecule has 0 radical (unpaired) electrons. The van der Waals surface area contributed by atoms with Gasteiger partial charge in [-0.3, -0.25) is 4.79 Å². The fraction of sp³-hybridized carbons (Fsp3) is 0.308. The molecule has 1 amide bonds. The average molecular weight is 290 g/mol. The molecule has 1 N–H and O–H groups in total. The Labute approximate surface area is 113 Å². The molecule has 0 aliphatic heterocycles. The lowest BCUT2D eigenvalue weighted by Gasteiger charge is -2.13. The summed E-state index contributed by atoms with van der Waals surface area (Å²) in [5.74, 6) is 1.33. The van der Waals surface area contributed by atoms with E-state index in [0.29, 0.717) is 0 Å². The van der Waals surface area contributed by atoms with Crippen LogP contribution in [0.15, 0.2) is 18.2 Å². The molecular formula is C13H11ClF3NO. The minimum Gasteiger partial charge on any atom is -0.324 e. The number of nitrogens with one attached hydrogen (secondary N) is 1. The number of carbonyl (C=O) groups is 1. The Kier molecular flexibility index (Phi) is 4.84. The van der Waals surface area contributed by atoms with E-state index in [0.717, 1.165) is 18.2 Å². The van der Waals surface area contributed by atoms with Crippen LogP contribution in [-0.4, -0.2) is 5.91 Å². The summed E-state index contributed by atoms with van der Waals surface area (Å²) in [6.45, 7) is 1.58. The molecule has 0 bridgehead atoms. The third-order valence-electron chi connectivity index (χ3n) is 2.42. The molecule has 0 fully saturated rings. The summed E-state index contributed by atoms with van der Waals surface area (Å²) in [5, 5.41) is 2.38. The summed E-state index contributed by atoms with van der Waals surface area (Å²) >= 11 is 5.75. The molecule has 19 heavy (non-hydrogen) atoms. The lowest BCUT2D eigenvalue weighted by Crippen LogP contribution is -2.20. The van der Waals surface area contributed by atoms with Gasteiger partial charge in [0, 0.05) is 12.3 Å². The van der Waals surface area contributed by atoms with Gasteiger partial charge in [-0.1, -0.05) is 18.5 Å². The van der Waals surface area contributed by atoms with Crippen molar-refractivity contribution in [3.8, 4) is 12.3 Å². The number of terminal acetylenes is 1. The number of carbonyl (C=O) groups excluding carboxylic acids is 1. The van der Waals surface area contributed by atoms with Crippen LogP contribution in [0.4, 0.5) is 18.9 Å². The molecule has 6 heteroatoms. The van der Waals surface area contributed by atoms with Gasteiger partial charge in [-0.05, 0) is 18.2 Å². The molecule has 1 aromatic carbocycles. The second-order valence-electron chi connectivity index (χ2n) is 3.99. The summed E-state index contributed by atoms with van der Waals surface area (Å²) < 4.78 is 37.6. The summed E-state index contributed by atoms with van der Waals surface area (Å²) in [6.07, 6.45) is 0.772. The quantitative estimate of drug-likeness (QED) is 0.839. The zero-order valence-electron chi connectivity index (χ0n) is 10.0. The first-order valence-corrected chi connectivity index (χ1v) is 5.74. The predicted molar refractivity (Wildman–Crippen MR) is 67.7 cm³/mol. The molecule has 0 spiro atoms. The van der Waals surface area contributed by atoms with Crippen molar-refractivity contribution < 1.29 is 18.0 Å². The Bertz CT molecular complexity index is 520. The number of alkyl halides is 3. The molecule has 1 aromatic rings. The monoisotopic (exact) mass is 289 g/mol. The van der Waals surface area contributed by atoms with Gasteiger partial charge >= 0.3 is 6.18 Å². The fourth-order valence-electron chi connectivity index (χ4n) is 1.32. The van der Waals surface area contributed by atoms with Crippen LogP contribution in [-0.2, 0) is 11.0 Å². The van der Waals surface area contributed by atoms with Crippen molar-refractivity contribution in [2.45, 2.75) is 19.5 Å². The van der Waals surface area contributed by atoms with Gasteiger partial charge in [0.05, 0.1) is 16.3 Å². The normalized spacial score (nSPS) is 12.6. The molecule has 1 rings (SSSR count). The zero-order chi connectivity index (χ0) is 14.6. The van der Waals surface area contributed by atoms with Gasteiger partial charge in [0.2, 0.25) is 5.91 Å². The van der Waals surface area contributed by atoms with Crippen molar-refractivity contribution in [1.29, 1.82) is 0 Å². The van der Waals surface area contributed by atoms with Crippen molar-refractivity contribution in [1.82, 2.24) is 0 Å².